The number of ketones is 1. The predicted octanol–water partition coefficient (Wildman–Crippen LogP) is 1.71. The van der Waals surface area contributed by atoms with Gasteiger partial charge in [-0.1, -0.05) is 0 Å². The fourth-order valence-electron chi connectivity index (χ4n) is 0.504. The summed E-state index contributed by atoms with van der Waals surface area (Å²) in [7, 11) is 0. The van der Waals surface area contributed by atoms with Crippen LogP contribution in [0.2, 0.25) is 0 Å². The maximum absolute atomic E-state index is 10.7. The molecule has 1 aromatic rings. The number of rotatable bonds is 1. The van der Waals surface area contributed by atoms with E-state index >= 15 is 0 Å². The van der Waals surface area contributed by atoms with Gasteiger partial charge in [-0.25, -0.2) is 0 Å². The van der Waals surface area contributed by atoms with Gasteiger partial charge >= 0.3 is 67.9 Å². The summed E-state index contributed by atoms with van der Waals surface area (Å²) in [5.41, 5.74) is 0. The Kier molecular flexibility index (Phi) is 2.28. The summed E-state index contributed by atoms with van der Waals surface area (Å²) in [5, 5.41) is 0. The minimum atomic E-state index is 0.195. The van der Waals surface area contributed by atoms with Crippen molar-refractivity contribution in [1.82, 2.24) is 0 Å². The first-order valence-electron chi connectivity index (χ1n) is 2.46. The summed E-state index contributed by atoms with van der Waals surface area (Å²) < 4.78 is 2.11. The molecule has 0 aliphatic carbocycles. The van der Waals surface area contributed by atoms with E-state index in [9.17, 15) is 4.79 Å². The van der Waals surface area contributed by atoms with Gasteiger partial charge in [-0.15, -0.1) is 0 Å². The van der Waals surface area contributed by atoms with Gasteiger partial charge < -0.3 is 0 Å². The van der Waals surface area contributed by atoms with Crippen molar-refractivity contribution in [3.63, 3.8) is 0 Å². The van der Waals surface area contributed by atoms with Gasteiger partial charge in [0, 0.05) is 0 Å². The van der Waals surface area contributed by atoms with E-state index in [-0.39, 0.29) is 20.3 Å². The van der Waals surface area contributed by atoms with Crippen LogP contribution < -0.4 is 0 Å². The number of carbonyl (C=O) groups excluding carboxylic acids is 1. The Balaban J connectivity index is 2.98. The number of hydrogen-bond acceptors (Lipinski definition) is 1. The van der Waals surface area contributed by atoms with Gasteiger partial charge in [-0.05, 0) is 0 Å². The molecule has 0 radical (unpaired) electrons. The van der Waals surface area contributed by atoms with E-state index in [2.05, 4.69) is 15.9 Å². The van der Waals surface area contributed by atoms with Crippen LogP contribution >= 0.6 is 15.9 Å². The molecule has 9 heavy (non-hydrogen) atoms. The maximum atomic E-state index is 10.7. The molecule has 1 heterocycles. The van der Waals surface area contributed by atoms with Crippen LogP contribution in [0, 0.1) is 0 Å². The summed E-state index contributed by atoms with van der Waals surface area (Å²) in [5.74, 6) is 0.195. The number of carbonyl (C=O) groups is 1. The van der Waals surface area contributed by atoms with Gasteiger partial charge in [0.2, 0.25) is 0 Å². The average molecular weight is 252 g/mol. The molecule has 0 saturated carbocycles. The number of Topliss-reactive ketones (excluding diaryl/α,β-unsaturated/α-hetero) is 1. The molecular weight excluding hydrogens is 247 g/mol. The van der Waals surface area contributed by atoms with Crippen LogP contribution in [0.15, 0.2) is 15.5 Å². The van der Waals surface area contributed by atoms with Crippen molar-refractivity contribution >= 4 is 36.2 Å². The molecule has 0 aromatic carbocycles. The molecule has 1 nitrogen and oxygen atoms in total. The molecule has 0 N–H and O–H groups in total. The summed E-state index contributed by atoms with van der Waals surface area (Å²) in [4.78, 5) is 10.7. The van der Waals surface area contributed by atoms with Gasteiger partial charge in [0.25, 0.3) is 0 Å². The average Bonchev–Trinajstić information content (AvgIpc) is 2.14. The Morgan fingerprint density at radius 2 is 2.33 bits per heavy atom. The van der Waals surface area contributed by atoms with E-state index in [0.717, 1.165) is 7.78 Å². The van der Waals surface area contributed by atoms with Crippen molar-refractivity contribution in [1.29, 1.82) is 0 Å². The van der Waals surface area contributed by atoms with Crippen molar-refractivity contribution < 1.29 is 4.79 Å². The Morgan fingerprint density at radius 3 is 2.56 bits per heavy atom. The zero-order valence-electron chi connectivity index (χ0n) is 4.85. The van der Waals surface area contributed by atoms with Crippen molar-refractivity contribution in [3.05, 3.63) is 19.9 Å². The van der Waals surface area contributed by atoms with Crippen LogP contribution in [0.25, 0.3) is 0 Å². The van der Waals surface area contributed by atoms with Gasteiger partial charge in [0.1, 0.15) is 0 Å². The van der Waals surface area contributed by atoms with Crippen LogP contribution in [-0.2, 0) is 0 Å². The Hall–Kier alpha value is 0.149. The van der Waals surface area contributed by atoms with Gasteiger partial charge in [-0.2, -0.15) is 0 Å². The zero-order chi connectivity index (χ0) is 6.85. The monoisotopic (exact) mass is 252 g/mol. The second kappa shape index (κ2) is 2.82. The predicted molar refractivity (Wildman–Crippen MR) is 41.1 cm³/mol. The number of halogens is 1. The molecule has 0 unspecified atom stereocenters. The first-order valence-corrected chi connectivity index (χ1v) is 4.97. The van der Waals surface area contributed by atoms with Crippen LogP contribution in [0.4, 0.5) is 0 Å². The SMILES string of the molecule is CC(=O)c1ccc(Br)[se]1. The molecule has 0 fully saturated rings. The summed E-state index contributed by atoms with van der Waals surface area (Å²) in [6, 6.07) is 3.82. The molecule has 0 bridgehead atoms. The molecule has 0 amide bonds. The molecule has 3 heteroatoms. The normalized spacial score (nSPS) is 9.56. The Bertz CT molecular complexity index is 229. The molecule has 48 valence electrons. The third-order valence-corrected chi connectivity index (χ3v) is 4.07. The molecule has 1 rings (SSSR count). The summed E-state index contributed by atoms with van der Waals surface area (Å²) in [6.45, 7) is 1.60. The van der Waals surface area contributed by atoms with Crippen LogP contribution in [0.3, 0.4) is 0 Å². The molecule has 1 aromatic heterocycles. The third kappa shape index (κ3) is 1.78. The summed E-state index contributed by atoms with van der Waals surface area (Å²) in [6.07, 6.45) is 0. The quantitative estimate of drug-likeness (QED) is 0.549. The molecule has 0 aliphatic heterocycles. The Labute approximate surface area is 67.9 Å². The Morgan fingerprint density at radius 1 is 1.67 bits per heavy atom. The van der Waals surface area contributed by atoms with Crippen molar-refractivity contribution in [2.24, 2.45) is 0 Å². The molecular formula is C6H5BrOSe. The van der Waals surface area contributed by atoms with E-state index in [1.54, 1.807) is 6.92 Å². The fraction of sp³-hybridized carbons (Fsp3) is 0.167. The third-order valence-electron chi connectivity index (χ3n) is 0.920. The second-order valence-electron chi connectivity index (χ2n) is 1.66. The first kappa shape index (κ1) is 7.26. The van der Waals surface area contributed by atoms with Gasteiger partial charge in [-0.3, -0.25) is 0 Å². The van der Waals surface area contributed by atoms with E-state index < -0.39 is 0 Å². The van der Waals surface area contributed by atoms with Crippen molar-refractivity contribution in [3.8, 4) is 0 Å². The van der Waals surface area contributed by atoms with Crippen molar-refractivity contribution in [2.75, 3.05) is 0 Å². The van der Waals surface area contributed by atoms with Crippen LogP contribution in [-0.4, -0.2) is 20.3 Å². The van der Waals surface area contributed by atoms with E-state index in [0.29, 0.717) is 0 Å². The molecule has 0 saturated heterocycles. The standard InChI is InChI=1S/C6H5BrOSe/c1-4(8)5-2-3-6(7)9-5/h2-3H,1H3. The molecule has 0 spiro atoms. The zero-order valence-corrected chi connectivity index (χ0v) is 8.15. The van der Waals surface area contributed by atoms with E-state index in [1.807, 2.05) is 12.1 Å². The van der Waals surface area contributed by atoms with Gasteiger partial charge in [0.05, 0.1) is 0 Å². The first-order chi connectivity index (χ1) is 4.20. The second-order valence-corrected chi connectivity index (χ2v) is 5.97. The topological polar surface area (TPSA) is 17.1 Å². The van der Waals surface area contributed by atoms with Gasteiger partial charge in [0.15, 0.2) is 0 Å². The van der Waals surface area contributed by atoms with Crippen LogP contribution in [0.5, 0.6) is 0 Å². The minimum absolute atomic E-state index is 0.195. The molecule has 0 atom stereocenters. The fourth-order valence-corrected chi connectivity index (χ4v) is 2.86. The van der Waals surface area contributed by atoms with E-state index in [4.69, 9.17) is 0 Å². The summed E-state index contributed by atoms with van der Waals surface area (Å²) >= 11 is 3.59. The van der Waals surface area contributed by atoms with Crippen LogP contribution in [0.1, 0.15) is 16.2 Å². The number of hydrogen-bond donors (Lipinski definition) is 0. The van der Waals surface area contributed by atoms with Crippen molar-refractivity contribution in [2.45, 2.75) is 6.92 Å². The van der Waals surface area contributed by atoms with E-state index in [1.165, 1.54) is 0 Å². The molecule has 0 aliphatic rings.